The second-order valence-electron chi connectivity index (χ2n) is 5.40. The SMILES string of the molecule is COC(=O)[C@@H](c1ccc(Br)cc1)[C@H]1CCc2ccccc21. The van der Waals surface area contributed by atoms with Gasteiger partial charge in [0, 0.05) is 10.4 Å². The van der Waals surface area contributed by atoms with Gasteiger partial charge >= 0.3 is 5.97 Å². The number of fused-ring (bicyclic) bond motifs is 1. The monoisotopic (exact) mass is 344 g/mol. The van der Waals surface area contributed by atoms with Crippen molar-refractivity contribution in [3.8, 4) is 0 Å². The van der Waals surface area contributed by atoms with Crippen molar-refractivity contribution < 1.29 is 9.53 Å². The zero-order valence-electron chi connectivity index (χ0n) is 11.9. The fraction of sp³-hybridized carbons (Fsp3) is 0.278. The minimum Gasteiger partial charge on any atom is -0.469 e. The van der Waals surface area contributed by atoms with E-state index in [4.69, 9.17) is 4.74 Å². The normalized spacial score (nSPS) is 18.1. The highest BCUT2D eigenvalue weighted by Crippen LogP contribution is 2.43. The van der Waals surface area contributed by atoms with Crippen LogP contribution >= 0.6 is 15.9 Å². The summed E-state index contributed by atoms with van der Waals surface area (Å²) >= 11 is 3.44. The summed E-state index contributed by atoms with van der Waals surface area (Å²) in [6.45, 7) is 0. The van der Waals surface area contributed by atoms with E-state index >= 15 is 0 Å². The van der Waals surface area contributed by atoms with Crippen molar-refractivity contribution in [2.75, 3.05) is 7.11 Å². The molecule has 0 unspecified atom stereocenters. The van der Waals surface area contributed by atoms with E-state index in [9.17, 15) is 4.79 Å². The number of halogens is 1. The topological polar surface area (TPSA) is 26.3 Å². The van der Waals surface area contributed by atoms with Gasteiger partial charge in [-0.25, -0.2) is 0 Å². The zero-order chi connectivity index (χ0) is 14.8. The number of rotatable bonds is 3. The molecule has 2 atom stereocenters. The number of esters is 1. The number of aryl methyl sites for hydroxylation is 1. The first-order valence-electron chi connectivity index (χ1n) is 7.12. The minimum atomic E-state index is -0.230. The lowest BCUT2D eigenvalue weighted by molar-refractivity contribution is -0.143. The van der Waals surface area contributed by atoms with Crippen molar-refractivity contribution in [3.63, 3.8) is 0 Å². The fourth-order valence-corrected chi connectivity index (χ4v) is 3.53. The summed E-state index contributed by atoms with van der Waals surface area (Å²) in [5.41, 5.74) is 3.66. The smallest absolute Gasteiger partial charge is 0.313 e. The molecule has 0 aromatic heterocycles. The first-order chi connectivity index (χ1) is 10.2. The van der Waals surface area contributed by atoms with Crippen molar-refractivity contribution in [2.24, 2.45) is 0 Å². The molecule has 0 fully saturated rings. The Morgan fingerprint density at radius 3 is 2.62 bits per heavy atom. The van der Waals surface area contributed by atoms with Gasteiger partial charge in [-0.05, 0) is 41.7 Å². The van der Waals surface area contributed by atoms with Crippen molar-refractivity contribution in [3.05, 3.63) is 69.7 Å². The average Bonchev–Trinajstić information content (AvgIpc) is 2.93. The Morgan fingerprint density at radius 1 is 1.19 bits per heavy atom. The summed E-state index contributed by atoms with van der Waals surface area (Å²) in [6, 6.07) is 16.4. The van der Waals surface area contributed by atoms with Gasteiger partial charge in [0.05, 0.1) is 13.0 Å². The second-order valence-corrected chi connectivity index (χ2v) is 6.31. The van der Waals surface area contributed by atoms with Crippen LogP contribution in [0.4, 0.5) is 0 Å². The quantitative estimate of drug-likeness (QED) is 0.769. The molecule has 0 radical (unpaired) electrons. The van der Waals surface area contributed by atoms with E-state index in [1.165, 1.54) is 18.2 Å². The number of hydrogen-bond donors (Lipinski definition) is 0. The summed E-state index contributed by atoms with van der Waals surface area (Å²) in [5, 5.41) is 0. The maximum atomic E-state index is 12.4. The van der Waals surface area contributed by atoms with Gasteiger partial charge in [0.2, 0.25) is 0 Å². The van der Waals surface area contributed by atoms with Gasteiger partial charge in [-0.2, -0.15) is 0 Å². The summed E-state index contributed by atoms with van der Waals surface area (Å²) in [7, 11) is 1.47. The van der Waals surface area contributed by atoms with E-state index in [0.717, 1.165) is 22.9 Å². The van der Waals surface area contributed by atoms with Gasteiger partial charge in [0.25, 0.3) is 0 Å². The van der Waals surface area contributed by atoms with E-state index in [2.05, 4.69) is 34.1 Å². The Balaban J connectivity index is 2.01. The molecule has 108 valence electrons. The third-order valence-corrected chi connectivity index (χ3v) is 4.79. The lowest BCUT2D eigenvalue weighted by Crippen LogP contribution is -2.20. The number of ether oxygens (including phenoxy) is 1. The van der Waals surface area contributed by atoms with Gasteiger partial charge in [-0.3, -0.25) is 4.79 Å². The predicted octanol–water partition coefficient (Wildman–Crippen LogP) is 4.44. The van der Waals surface area contributed by atoms with E-state index in [1.807, 2.05) is 30.3 Å². The molecule has 0 amide bonds. The Kier molecular flexibility index (Phi) is 4.11. The van der Waals surface area contributed by atoms with E-state index in [-0.39, 0.29) is 17.8 Å². The first kappa shape index (κ1) is 14.3. The van der Waals surface area contributed by atoms with Crippen molar-refractivity contribution in [1.29, 1.82) is 0 Å². The number of carbonyl (C=O) groups excluding carboxylic acids is 1. The maximum Gasteiger partial charge on any atom is 0.313 e. The average molecular weight is 345 g/mol. The van der Waals surface area contributed by atoms with Crippen molar-refractivity contribution in [1.82, 2.24) is 0 Å². The molecule has 0 N–H and O–H groups in total. The molecule has 0 bridgehead atoms. The molecule has 0 saturated carbocycles. The highest BCUT2D eigenvalue weighted by Gasteiger charge is 2.35. The van der Waals surface area contributed by atoms with E-state index < -0.39 is 0 Å². The van der Waals surface area contributed by atoms with Crippen LogP contribution < -0.4 is 0 Å². The highest BCUT2D eigenvalue weighted by atomic mass is 79.9. The lowest BCUT2D eigenvalue weighted by Gasteiger charge is -2.22. The van der Waals surface area contributed by atoms with Crippen molar-refractivity contribution >= 4 is 21.9 Å². The van der Waals surface area contributed by atoms with Crippen LogP contribution in [0, 0.1) is 0 Å². The van der Waals surface area contributed by atoms with Gasteiger partial charge in [0.1, 0.15) is 0 Å². The minimum absolute atomic E-state index is 0.154. The van der Waals surface area contributed by atoms with Crippen LogP contribution in [-0.2, 0) is 16.0 Å². The Labute approximate surface area is 133 Å². The molecule has 1 aliphatic rings. The van der Waals surface area contributed by atoms with Crippen LogP contribution in [0.5, 0.6) is 0 Å². The van der Waals surface area contributed by atoms with Crippen LogP contribution in [0.3, 0.4) is 0 Å². The first-order valence-corrected chi connectivity index (χ1v) is 7.91. The molecule has 0 aliphatic heterocycles. The number of benzene rings is 2. The molecule has 2 aromatic rings. The van der Waals surface area contributed by atoms with E-state index in [0.29, 0.717) is 0 Å². The highest BCUT2D eigenvalue weighted by molar-refractivity contribution is 9.10. The molecule has 0 heterocycles. The maximum absolute atomic E-state index is 12.4. The second kappa shape index (κ2) is 6.02. The molecule has 0 spiro atoms. The van der Waals surface area contributed by atoms with Crippen LogP contribution in [0.2, 0.25) is 0 Å². The number of carbonyl (C=O) groups is 1. The molecule has 21 heavy (non-hydrogen) atoms. The molecule has 3 heteroatoms. The lowest BCUT2D eigenvalue weighted by atomic mass is 9.82. The van der Waals surface area contributed by atoms with Gasteiger partial charge in [0.15, 0.2) is 0 Å². The Hall–Kier alpha value is -1.61. The van der Waals surface area contributed by atoms with Crippen LogP contribution in [-0.4, -0.2) is 13.1 Å². The van der Waals surface area contributed by atoms with Crippen LogP contribution in [0.15, 0.2) is 53.0 Å². The summed E-state index contributed by atoms with van der Waals surface area (Å²) in [6.07, 6.45) is 2.03. The third-order valence-electron chi connectivity index (χ3n) is 4.27. The Morgan fingerprint density at radius 2 is 1.90 bits per heavy atom. The van der Waals surface area contributed by atoms with Gasteiger partial charge in [-0.15, -0.1) is 0 Å². The van der Waals surface area contributed by atoms with E-state index in [1.54, 1.807) is 0 Å². The molecular weight excluding hydrogens is 328 g/mol. The molecule has 3 rings (SSSR count). The van der Waals surface area contributed by atoms with Crippen molar-refractivity contribution in [2.45, 2.75) is 24.7 Å². The zero-order valence-corrected chi connectivity index (χ0v) is 13.5. The van der Waals surface area contributed by atoms with Crippen LogP contribution in [0.25, 0.3) is 0 Å². The largest absolute Gasteiger partial charge is 0.469 e. The Bertz CT molecular complexity index is 649. The molecule has 0 saturated heterocycles. The molecule has 2 aromatic carbocycles. The van der Waals surface area contributed by atoms with Gasteiger partial charge in [-0.1, -0.05) is 52.3 Å². The summed E-state index contributed by atoms with van der Waals surface area (Å²) in [5.74, 6) is -0.180. The molecule has 1 aliphatic carbocycles. The summed E-state index contributed by atoms with van der Waals surface area (Å²) in [4.78, 5) is 12.4. The predicted molar refractivity (Wildman–Crippen MR) is 86.4 cm³/mol. The third kappa shape index (κ3) is 2.75. The molecule has 2 nitrogen and oxygen atoms in total. The fourth-order valence-electron chi connectivity index (χ4n) is 3.27. The van der Waals surface area contributed by atoms with Crippen LogP contribution in [0.1, 0.15) is 34.9 Å². The van der Waals surface area contributed by atoms with Gasteiger partial charge < -0.3 is 4.74 Å². The summed E-state index contributed by atoms with van der Waals surface area (Å²) < 4.78 is 6.09. The number of methoxy groups -OCH3 is 1. The number of hydrogen-bond acceptors (Lipinski definition) is 2. The standard InChI is InChI=1S/C18H17BrO2/c1-21-18(20)17(13-6-9-14(19)10-7-13)16-11-8-12-4-2-3-5-15(12)16/h2-7,9-10,16-17H,8,11H2,1H3/t16-,17-/m0/s1. The molecular formula is C18H17BrO2.